The van der Waals surface area contributed by atoms with E-state index in [1.54, 1.807) is 28.1 Å². The zero-order chi connectivity index (χ0) is 14.1. The first-order valence-corrected chi connectivity index (χ1v) is 6.70. The van der Waals surface area contributed by atoms with Gasteiger partial charge >= 0.3 is 0 Å². The third kappa shape index (κ3) is 2.81. The van der Waals surface area contributed by atoms with Crippen LogP contribution in [0.25, 0.3) is 0 Å². The molecular weight excluding hydrogens is 296 g/mol. The maximum atomic E-state index is 10.3. The van der Waals surface area contributed by atoms with Crippen molar-refractivity contribution in [2.24, 2.45) is 0 Å². The summed E-state index contributed by atoms with van der Waals surface area (Å²) in [6, 6.07) is 1.95. The fourth-order valence-corrected chi connectivity index (χ4v) is 2.69. The van der Waals surface area contributed by atoms with Crippen molar-refractivity contribution in [2.45, 2.75) is 39.2 Å². The average molecular weight is 317 g/mol. The molecule has 0 heterocycles. The van der Waals surface area contributed by atoms with E-state index in [4.69, 9.17) is 9.47 Å². The smallest absolute Gasteiger partial charge is 0.142 e. The Hall–Kier alpha value is -0.740. The predicted octanol–water partition coefficient (Wildman–Crippen LogP) is 3.82. The molecule has 3 nitrogen and oxygen atoms in total. The molecule has 0 amide bonds. The fraction of sp³-hybridized carbons (Fsp3) is 0.571. The Kier molecular flexibility index (Phi) is 4.67. The molecule has 0 aliphatic rings. The summed E-state index contributed by atoms with van der Waals surface area (Å²) in [4.78, 5) is 0. The molecule has 4 heteroatoms. The van der Waals surface area contributed by atoms with Gasteiger partial charge in [0.2, 0.25) is 0 Å². The Balaban J connectivity index is 3.64. The Morgan fingerprint density at radius 1 is 1.17 bits per heavy atom. The standard InChI is InChI=1S/C14H21BrO3/c1-8(2)9-7-10(14(3,4)16)13(18-6)11(15)12(9)17-5/h7-8,16H,1-6H3. The Bertz CT molecular complexity index is 434. The topological polar surface area (TPSA) is 38.7 Å². The molecule has 18 heavy (non-hydrogen) atoms. The van der Waals surface area contributed by atoms with Gasteiger partial charge in [-0.2, -0.15) is 0 Å². The summed E-state index contributed by atoms with van der Waals surface area (Å²) in [7, 11) is 3.22. The molecule has 1 aromatic carbocycles. The molecule has 0 unspecified atom stereocenters. The quantitative estimate of drug-likeness (QED) is 0.917. The molecule has 1 N–H and O–H groups in total. The minimum Gasteiger partial charge on any atom is -0.495 e. The van der Waals surface area contributed by atoms with Gasteiger partial charge in [-0.25, -0.2) is 0 Å². The summed E-state index contributed by atoms with van der Waals surface area (Å²) in [6.45, 7) is 7.66. The fourth-order valence-electron chi connectivity index (χ4n) is 1.92. The van der Waals surface area contributed by atoms with Gasteiger partial charge in [-0.1, -0.05) is 13.8 Å². The second-order valence-electron chi connectivity index (χ2n) is 5.11. The summed E-state index contributed by atoms with van der Waals surface area (Å²) in [6.07, 6.45) is 0. The first-order valence-electron chi connectivity index (χ1n) is 5.91. The molecule has 0 aliphatic carbocycles. The van der Waals surface area contributed by atoms with Crippen molar-refractivity contribution >= 4 is 15.9 Å². The lowest BCUT2D eigenvalue weighted by Crippen LogP contribution is -2.18. The highest BCUT2D eigenvalue weighted by atomic mass is 79.9. The van der Waals surface area contributed by atoms with Gasteiger partial charge in [0.1, 0.15) is 16.0 Å². The van der Waals surface area contributed by atoms with Crippen LogP contribution in [0.4, 0.5) is 0 Å². The van der Waals surface area contributed by atoms with Crippen LogP contribution in [-0.4, -0.2) is 19.3 Å². The van der Waals surface area contributed by atoms with Gasteiger partial charge in [-0.15, -0.1) is 0 Å². The molecule has 1 aromatic rings. The van der Waals surface area contributed by atoms with Crippen LogP contribution in [0.5, 0.6) is 11.5 Å². The van der Waals surface area contributed by atoms with Gasteiger partial charge in [0.15, 0.2) is 0 Å². The number of benzene rings is 1. The van der Waals surface area contributed by atoms with Crippen molar-refractivity contribution < 1.29 is 14.6 Å². The maximum absolute atomic E-state index is 10.3. The monoisotopic (exact) mass is 316 g/mol. The van der Waals surface area contributed by atoms with Gasteiger partial charge < -0.3 is 14.6 Å². The summed E-state index contributed by atoms with van der Waals surface area (Å²) in [5.74, 6) is 1.67. The predicted molar refractivity (Wildman–Crippen MR) is 76.6 cm³/mol. The molecule has 0 atom stereocenters. The molecule has 0 radical (unpaired) electrons. The normalized spacial score (nSPS) is 11.8. The van der Waals surface area contributed by atoms with Crippen molar-refractivity contribution in [1.82, 2.24) is 0 Å². The number of ether oxygens (including phenoxy) is 2. The molecule has 0 fully saturated rings. The minimum absolute atomic E-state index is 0.295. The SMILES string of the molecule is COc1c(C(C)C)cc(C(C)(C)O)c(OC)c1Br. The van der Waals surface area contributed by atoms with Gasteiger partial charge in [0.25, 0.3) is 0 Å². The van der Waals surface area contributed by atoms with E-state index in [0.717, 1.165) is 21.3 Å². The van der Waals surface area contributed by atoms with E-state index in [0.29, 0.717) is 11.7 Å². The summed E-state index contributed by atoms with van der Waals surface area (Å²) in [5.41, 5.74) is 0.827. The zero-order valence-electron chi connectivity index (χ0n) is 11.8. The molecule has 0 bridgehead atoms. The zero-order valence-corrected chi connectivity index (χ0v) is 13.4. The number of hydrogen-bond donors (Lipinski definition) is 1. The molecule has 0 saturated carbocycles. The van der Waals surface area contributed by atoms with Gasteiger partial charge in [0, 0.05) is 5.56 Å². The lowest BCUT2D eigenvalue weighted by molar-refractivity contribution is 0.0753. The second-order valence-corrected chi connectivity index (χ2v) is 5.90. The molecule has 0 spiro atoms. The van der Waals surface area contributed by atoms with Crippen LogP contribution in [0.2, 0.25) is 0 Å². The minimum atomic E-state index is -0.968. The number of hydrogen-bond acceptors (Lipinski definition) is 3. The number of halogens is 1. The van der Waals surface area contributed by atoms with Gasteiger partial charge in [-0.3, -0.25) is 0 Å². The summed E-state index contributed by atoms with van der Waals surface area (Å²) >= 11 is 3.50. The lowest BCUT2D eigenvalue weighted by Gasteiger charge is -2.25. The third-order valence-corrected chi connectivity index (χ3v) is 3.61. The molecular formula is C14H21BrO3. The van der Waals surface area contributed by atoms with Crippen LogP contribution < -0.4 is 9.47 Å². The first kappa shape index (κ1) is 15.3. The van der Waals surface area contributed by atoms with Crippen LogP contribution in [-0.2, 0) is 5.60 Å². The van der Waals surface area contributed by atoms with E-state index in [1.165, 1.54) is 0 Å². The number of aliphatic hydroxyl groups is 1. The van der Waals surface area contributed by atoms with Crippen molar-refractivity contribution in [3.63, 3.8) is 0 Å². The van der Waals surface area contributed by atoms with Crippen molar-refractivity contribution in [3.8, 4) is 11.5 Å². The molecule has 0 aliphatic heterocycles. The Morgan fingerprint density at radius 3 is 2.00 bits per heavy atom. The van der Waals surface area contributed by atoms with Crippen LogP contribution >= 0.6 is 15.9 Å². The summed E-state index contributed by atoms with van der Waals surface area (Å²) < 4.78 is 11.6. The highest BCUT2D eigenvalue weighted by Gasteiger charge is 2.27. The van der Waals surface area contributed by atoms with Crippen molar-refractivity contribution in [1.29, 1.82) is 0 Å². The molecule has 0 saturated heterocycles. The average Bonchev–Trinajstić information content (AvgIpc) is 2.26. The summed E-state index contributed by atoms with van der Waals surface area (Å²) in [5, 5.41) is 10.3. The number of methoxy groups -OCH3 is 2. The van der Waals surface area contributed by atoms with Crippen LogP contribution in [0.15, 0.2) is 10.5 Å². The van der Waals surface area contributed by atoms with E-state index in [-0.39, 0.29) is 0 Å². The van der Waals surface area contributed by atoms with Gasteiger partial charge in [0.05, 0.1) is 19.8 Å². The van der Waals surface area contributed by atoms with Crippen LogP contribution in [0, 0.1) is 0 Å². The Morgan fingerprint density at radius 2 is 1.67 bits per heavy atom. The van der Waals surface area contributed by atoms with E-state index in [1.807, 2.05) is 6.07 Å². The third-order valence-electron chi connectivity index (χ3n) is 2.89. The Labute approximate surface area is 117 Å². The van der Waals surface area contributed by atoms with E-state index in [2.05, 4.69) is 29.8 Å². The molecule has 0 aromatic heterocycles. The second kappa shape index (κ2) is 5.49. The first-order chi connectivity index (χ1) is 8.23. The molecule has 102 valence electrons. The highest BCUT2D eigenvalue weighted by Crippen LogP contribution is 2.45. The van der Waals surface area contributed by atoms with E-state index in [9.17, 15) is 5.11 Å². The van der Waals surface area contributed by atoms with Crippen molar-refractivity contribution in [2.75, 3.05) is 14.2 Å². The van der Waals surface area contributed by atoms with Crippen molar-refractivity contribution in [3.05, 3.63) is 21.7 Å². The highest BCUT2D eigenvalue weighted by molar-refractivity contribution is 9.10. The maximum Gasteiger partial charge on any atom is 0.142 e. The molecule has 1 rings (SSSR count). The number of rotatable bonds is 4. The van der Waals surface area contributed by atoms with Crippen LogP contribution in [0.1, 0.15) is 44.7 Å². The van der Waals surface area contributed by atoms with E-state index < -0.39 is 5.60 Å². The van der Waals surface area contributed by atoms with Crippen LogP contribution in [0.3, 0.4) is 0 Å². The lowest BCUT2D eigenvalue weighted by atomic mass is 9.91. The van der Waals surface area contributed by atoms with E-state index >= 15 is 0 Å². The largest absolute Gasteiger partial charge is 0.495 e. The van der Waals surface area contributed by atoms with Gasteiger partial charge in [-0.05, 0) is 47.3 Å².